The van der Waals surface area contributed by atoms with Crippen molar-refractivity contribution in [1.29, 1.82) is 0 Å². The second-order valence-corrected chi connectivity index (χ2v) is 9.05. The van der Waals surface area contributed by atoms with Gasteiger partial charge in [-0.1, -0.05) is 54.6 Å². The van der Waals surface area contributed by atoms with Crippen molar-refractivity contribution in [2.75, 3.05) is 12.0 Å². The van der Waals surface area contributed by atoms with Crippen LogP contribution in [0.5, 0.6) is 5.75 Å². The Morgan fingerprint density at radius 1 is 0.973 bits per heavy atom. The Morgan fingerprint density at radius 3 is 2.41 bits per heavy atom. The summed E-state index contributed by atoms with van der Waals surface area (Å²) < 4.78 is 5.35. The number of carbonyl (C=O) groups excluding carboxylic acids is 3. The molecule has 2 saturated heterocycles. The average Bonchev–Trinajstić information content (AvgIpc) is 3.40. The molecule has 0 spiro atoms. The number of Topliss-reactive ketones (excluding diaryl/α,β-unsaturated/α-hetero) is 1. The average molecular weight is 496 g/mol. The van der Waals surface area contributed by atoms with Gasteiger partial charge in [0.2, 0.25) is 11.8 Å². The predicted molar refractivity (Wildman–Crippen MR) is 132 cm³/mol. The van der Waals surface area contributed by atoms with Crippen LogP contribution in [0.25, 0.3) is 0 Å². The highest BCUT2D eigenvalue weighted by atomic mass is 16.6. The van der Waals surface area contributed by atoms with Crippen LogP contribution in [0.4, 0.5) is 11.4 Å². The minimum atomic E-state index is -1.04. The molecule has 10 heteroatoms. The van der Waals surface area contributed by atoms with Crippen LogP contribution in [0.15, 0.2) is 77.9 Å². The van der Waals surface area contributed by atoms with E-state index in [4.69, 9.17) is 4.74 Å². The lowest BCUT2D eigenvalue weighted by atomic mass is 9.83. The van der Waals surface area contributed by atoms with Crippen LogP contribution in [0.1, 0.15) is 27.5 Å². The maximum absolute atomic E-state index is 14.0. The molecule has 0 aliphatic carbocycles. The number of anilines is 1. The van der Waals surface area contributed by atoms with Gasteiger partial charge in [-0.2, -0.15) is 5.10 Å². The van der Waals surface area contributed by atoms with Gasteiger partial charge in [0.25, 0.3) is 5.69 Å². The first-order chi connectivity index (χ1) is 17.9. The molecule has 3 heterocycles. The summed E-state index contributed by atoms with van der Waals surface area (Å²) in [6, 6.07) is 18.0. The van der Waals surface area contributed by atoms with E-state index in [2.05, 4.69) is 5.10 Å². The van der Waals surface area contributed by atoms with E-state index in [1.807, 2.05) is 24.3 Å². The molecule has 3 aromatic carbocycles. The molecule has 0 saturated carbocycles. The van der Waals surface area contributed by atoms with E-state index in [1.54, 1.807) is 41.6 Å². The molecule has 37 heavy (non-hydrogen) atoms. The zero-order valence-corrected chi connectivity index (χ0v) is 19.6. The number of hydrazone groups is 1. The first-order valence-electron chi connectivity index (χ1n) is 11.6. The van der Waals surface area contributed by atoms with E-state index >= 15 is 0 Å². The number of benzene rings is 3. The fourth-order valence-corrected chi connectivity index (χ4v) is 5.65. The number of hydrogen-bond donors (Lipinski definition) is 0. The van der Waals surface area contributed by atoms with Crippen molar-refractivity contribution in [3.05, 3.63) is 99.6 Å². The van der Waals surface area contributed by atoms with E-state index in [0.29, 0.717) is 5.56 Å². The predicted octanol–water partition coefficient (Wildman–Crippen LogP) is 3.36. The second kappa shape index (κ2) is 8.37. The minimum Gasteiger partial charge on any atom is -0.495 e. The van der Waals surface area contributed by atoms with Crippen LogP contribution in [0.2, 0.25) is 0 Å². The van der Waals surface area contributed by atoms with E-state index in [9.17, 15) is 24.5 Å². The molecule has 0 unspecified atom stereocenters. The summed E-state index contributed by atoms with van der Waals surface area (Å²) in [5.41, 5.74) is 1.66. The molecule has 0 N–H and O–H groups in total. The summed E-state index contributed by atoms with van der Waals surface area (Å²) in [5.74, 6) is -3.34. The van der Waals surface area contributed by atoms with Crippen molar-refractivity contribution in [2.24, 2.45) is 16.9 Å². The number of methoxy groups -OCH3 is 1. The number of non-ortho nitro benzene ring substituents is 1. The molecule has 10 nitrogen and oxygen atoms in total. The van der Waals surface area contributed by atoms with Gasteiger partial charge >= 0.3 is 0 Å². The maximum atomic E-state index is 14.0. The van der Waals surface area contributed by atoms with Gasteiger partial charge in [-0.15, -0.1) is 0 Å². The van der Waals surface area contributed by atoms with E-state index in [-0.39, 0.29) is 22.9 Å². The van der Waals surface area contributed by atoms with Crippen molar-refractivity contribution < 1.29 is 24.0 Å². The van der Waals surface area contributed by atoms with Crippen molar-refractivity contribution in [1.82, 2.24) is 5.01 Å². The Balaban J connectivity index is 1.52. The van der Waals surface area contributed by atoms with Gasteiger partial charge < -0.3 is 4.74 Å². The highest BCUT2D eigenvalue weighted by Crippen LogP contribution is 2.54. The molecule has 3 aliphatic heterocycles. The molecule has 184 valence electrons. The van der Waals surface area contributed by atoms with Gasteiger partial charge in [0.1, 0.15) is 17.5 Å². The van der Waals surface area contributed by atoms with Gasteiger partial charge in [0.05, 0.1) is 36.1 Å². The Bertz CT molecular complexity index is 1500. The van der Waals surface area contributed by atoms with Crippen LogP contribution in [0, 0.1) is 22.0 Å². The maximum Gasteiger partial charge on any atom is 0.271 e. The Kier molecular flexibility index (Phi) is 5.11. The number of ether oxygens (including phenoxy) is 1. The zero-order chi connectivity index (χ0) is 25.8. The number of nitrogens with zero attached hydrogens (tertiary/aromatic N) is 4. The largest absolute Gasteiger partial charge is 0.495 e. The van der Waals surface area contributed by atoms with Gasteiger partial charge in [0.15, 0.2) is 5.78 Å². The van der Waals surface area contributed by atoms with Gasteiger partial charge in [-0.05, 0) is 17.2 Å². The molecule has 3 aromatic rings. The van der Waals surface area contributed by atoms with Crippen molar-refractivity contribution in [3.63, 3.8) is 0 Å². The number of fused-ring (bicyclic) bond motifs is 5. The lowest BCUT2D eigenvalue weighted by Gasteiger charge is -2.33. The molecular weight excluding hydrogens is 476 g/mol. The number of nitro groups is 1. The molecule has 2 amide bonds. The number of rotatable bonds is 5. The van der Waals surface area contributed by atoms with Crippen molar-refractivity contribution in [3.8, 4) is 5.75 Å². The summed E-state index contributed by atoms with van der Waals surface area (Å²) in [7, 11) is 1.35. The summed E-state index contributed by atoms with van der Waals surface area (Å²) in [6.07, 6.45) is 1.63. The number of carbonyl (C=O) groups is 3. The molecule has 3 aliphatic rings. The zero-order valence-electron chi connectivity index (χ0n) is 19.6. The minimum absolute atomic E-state index is 0.0221. The Morgan fingerprint density at radius 2 is 1.68 bits per heavy atom. The lowest BCUT2D eigenvalue weighted by molar-refractivity contribution is -0.384. The van der Waals surface area contributed by atoms with E-state index in [0.717, 1.165) is 22.1 Å². The van der Waals surface area contributed by atoms with Crippen molar-refractivity contribution >= 4 is 35.2 Å². The smallest absolute Gasteiger partial charge is 0.271 e. The van der Waals surface area contributed by atoms with E-state index < -0.39 is 40.7 Å². The quantitative estimate of drug-likeness (QED) is 0.230. The summed E-state index contributed by atoms with van der Waals surface area (Å²) in [5, 5.41) is 17.6. The topological polar surface area (TPSA) is 122 Å². The van der Waals surface area contributed by atoms with Crippen LogP contribution in [0.3, 0.4) is 0 Å². The number of amides is 2. The molecule has 6 rings (SSSR count). The third-order valence-electron chi connectivity index (χ3n) is 7.23. The van der Waals surface area contributed by atoms with Crippen LogP contribution in [-0.4, -0.2) is 46.9 Å². The number of ketones is 1. The van der Waals surface area contributed by atoms with Crippen LogP contribution < -0.4 is 9.64 Å². The fourth-order valence-electron chi connectivity index (χ4n) is 5.65. The highest BCUT2D eigenvalue weighted by Gasteiger charge is 2.65. The Labute approximate surface area is 210 Å². The number of hydrogen-bond acceptors (Lipinski definition) is 8. The standard InChI is InChI=1S/C27H20N4O6/c1-37-20-12-11-17(31(35)36)13-19(20)29-26(33)21-22(27(29)34)24(25(32)15-7-3-2-4-8-15)30-23(21)18-10-6-5-9-16(18)14-28-30/h2-14,21-24H,1H3/t21-,22+,23+,24+/m0/s1. The molecular formula is C27H20N4O6. The molecule has 0 bridgehead atoms. The van der Waals surface area contributed by atoms with Gasteiger partial charge in [-0.3, -0.25) is 29.5 Å². The van der Waals surface area contributed by atoms with Crippen LogP contribution in [-0.2, 0) is 9.59 Å². The van der Waals surface area contributed by atoms with Crippen molar-refractivity contribution in [2.45, 2.75) is 12.1 Å². The van der Waals surface area contributed by atoms with Gasteiger partial charge in [0, 0.05) is 17.7 Å². The monoisotopic (exact) mass is 496 g/mol. The summed E-state index contributed by atoms with van der Waals surface area (Å²) in [6.45, 7) is 0. The molecule has 2 fully saturated rings. The third kappa shape index (κ3) is 3.25. The summed E-state index contributed by atoms with van der Waals surface area (Å²) in [4.78, 5) is 53.6. The second-order valence-electron chi connectivity index (χ2n) is 9.05. The number of imide groups is 1. The molecule has 0 radical (unpaired) electrons. The fraction of sp³-hybridized carbons (Fsp3) is 0.185. The lowest BCUT2D eigenvalue weighted by Crippen LogP contribution is -2.44. The molecule has 4 atom stereocenters. The Hall–Kier alpha value is -4.86. The van der Waals surface area contributed by atoms with E-state index in [1.165, 1.54) is 19.2 Å². The van der Waals surface area contributed by atoms with Gasteiger partial charge in [-0.25, -0.2) is 4.90 Å². The number of nitro benzene ring substituents is 1. The third-order valence-corrected chi connectivity index (χ3v) is 7.23. The first-order valence-corrected chi connectivity index (χ1v) is 11.6. The summed E-state index contributed by atoms with van der Waals surface area (Å²) >= 11 is 0. The molecule has 0 aromatic heterocycles. The van der Waals surface area contributed by atoms with Crippen LogP contribution >= 0.6 is 0 Å². The first kappa shape index (κ1) is 22.6. The normalized spacial score (nSPS) is 23.5. The highest BCUT2D eigenvalue weighted by molar-refractivity contribution is 6.25. The SMILES string of the molecule is COc1ccc([N+](=O)[O-])cc1N1C(=O)[C@@H]2[C@H](C1=O)[C@H]1c3ccccc3C=NN1[C@H]2C(=O)c1ccccc1.